The largest absolute Gasteiger partial charge is 0.466 e. The van der Waals surface area contributed by atoms with Crippen LogP contribution < -0.4 is 0 Å². The normalized spacial score (nSPS) is 10.8. The van der Waals surface area contributed by atoms with E-state index in [1.165, 1.54) is 0 Å². The summed E-state index contributed by atoms with van der Waals surface area (Å²) in [5, 5.41) is 0.00112. The fourth-order valence-electron chi connectivity index (χ4n) is 1.37. The minimum absolute atomic E-state index is 0.00112. The van der Waals surface area contributed by atoms with Gasteiger partial charge in [0.05, 0.1) is 24.3 Å². The first-order valence-corrected chi connectivity index (χ1v) is 6.29. The molecule has 0 saturated heterocycles. The van der Waals surface area contributed by atoms with Crippen molar-refractivity contribution in [1.82, 2.24) is 4.98 Å². The van der Waals surface area contributed by atoms with Gasteiger partial charge in [0.2, 0.25) is 0 Å². The number of hydrogen-bond acceptors (Lipinski definition) is 3. The second-order valence-corrected chi connectivity index (χ2v) is 3.93. The zero-order chi connectivity index (χ0) is 13.7. The molecule has 0 N–H and O–H groups in total. The smallest absolute Gasteiger partial charge is 0.311 e. The van der Waals surface area contributed by atoms with Crippen LogP contribution in [0.5, 0.6) is 0 Å². The molecular formula is C11H11BrF3NO2. The highest BCUT2D eigenvalue weighted by Crippen LogP contribution is 2.26. The molecule has 0 aliphatic carbocycles. The molecule has 0 spiro atoms. The molecule has 0 aromatic carbocycles. The Morgan fingerprint density at radius 2 is 2.22 bits per heavy atom. The Morgan fingerprint density at radius 3 is 2.72 bits per heavy atom. The van der Waals surface area contributed by atoms with Gasteiger partial charge >= 0.3 is 5.97 Å². The van der Waals surface area contributed by atoms with E-state index in [0.717, 1.165) is 6.20 Å². The van der Waals surface area contributed by atoms with Gasteiger partial charge in [0, 0.05) is 17.1 Å². The van der Waals surface area contributed by atoms with Crippen molar-refractivity contribution in [2.75, 3.05) is 6.61 Å². The molecule has 0 fully saturated rings. The summed E-state index contributed by atoms with van der Waals surface area (Å²) in [4.78, 5) is 15.0. The summed E-state index contributed by atoms with van der Waals surface area (Å²) >= 11 is 2.99. The standard InChI is InChI=1S/C11H11BrF3NO2/c1-2-18-9(17)3-8-6(4-12)10(13)7(5-16-8)11(14)15/h5,11H,2-4H2,1H3. The maximum Gasteiger partial charge on any atom is 0.311 e. The van der Waals surface area contributed by atoms with Crippen molar-refractivity contribution < 1.29 is 22.7 Å². The minimum Gasteiger partial charge on any atom is -0.466 e. The highest BCUT2D eigenvalue weighted by atomic mass is 79.9. The maximum absolute atomic E-state index is 13.7. The van der Waals surface area contributed by atoms with E-state index in [9.17, 15) is 18.0 Å². The molecule has 0 amide bonds. The molecule has 0 aliphatic rings. The van der Waals surface area contributed by atoms with E-state index in [-0.39, 0.29) is 29.6 Å². The van der Waals surface area contributed by atoms with E-state index in [4.69, 9.17) is 4.74 Å². The predicted molar refractivity (Wildman–Crippen MR) is 62.1 cm³/mol. The number of carbonyl (C=O) groups is 1. The van der Waals surface area contributed by atoms with Crippen LogP contribution in [-0.2, 0) is 21.3 Å². The fourth-order valence-corrected chi connectivity index (χ4v) is 1.94. The number of alkyl halides is 3. The van der Waals surface area contributed by atoms with E-state index < -0.39 is 23.8 Å². The van der Waals surface area contributed by atoms with Crippen LogP contribution in [0.2, 0.25) is 0 Å². The second kappa shape index (κ2) is 6.72. The lowest BCUT2D eigenvalue weighted by atomic mass is 10.1. The zero-order valence-electron chi connectivity index (χ0n) is 9.55. The third-order valence-electron chi connectivity index (χ3n) is 2.21. The molecule has 3 nitrogen and oxygen atoms in total. The van der Waals surface area contributed by atoms with Crippen LogP contribution >= 0.6 is 15.9 Å². The van der Waals surface area contributed by atoms with Gasteiger partial charge in [-0.2, -0.15) is 0 Å². The van der Waals surface area contributed by atoms with Crippen LogP contribution in [0, 0.1) is 5.82 Å². The monoisotopic (exact) mass is 325 g/mol. The first kappa shape index (κ1) is 14.9. The average Bonchev–Trinajstić information content (AvgIpc) is 2.29. The Kier molecular flexibility index (Phi) is 5.58. The summed E-state index contributed by atoms with van der Waals surface area (Å²) in [5.41, 5.74) is -0.704. The molecule has 18 heavy (non-hydrogen) atoms. The van der Waals surface area contributed by atoms with Gasteiger partial charge < -0.3 is 4.74 Å². The SMILES string of the molecule is CCOC(=O)Cc1ncc(C(F)F)c(F)c1CBr. The first-order valence-electron chi connectivity index (χ1n) is 5.17. The number of carbonyl (C=O) groups excluding carboxylic acids is 1. The van der Waals surface area contributed by atoms with Crippen LogP contribution in [0.1, 0.15) is 30.2 Å². The van der Waals surface area contributed by atoms with Crippen LogP contribution in [0.4, 0.5) is 13.2 Å². The van der Waals surface area contributed by atoms with E-state index in [1.807, 2.05) is 0 Å². The number of ether oxygens (including phenoxy) is 1. The van der Waals surface area contributed by atoms with Crippen LogP contribution in [0.15, 0.2) is 6.20 Å². The van der Waals surface area contributed by atoms with E-state index in [1.54, 1.807) is 6.92 Å². The third-order valence-corrected chi connectivity index (χ3v) is 2.77. The molecule has 0 aliphatic heterocycles. The summed E-state index contributed by atoms with van der Waals surface area (Å²) in [6, 6.07) is 0. The number of hydrogen-bond donors (Lipinski definition) is 0. The summed E-state index contributed by atoms with van der Waals surface area (Å²) in [6.07, 6.45) is -2.43. The molecule has 0 unspecified atom stereocenters. The van der Waals surface area contributed by atoms with Crippen LogP contribution in [0.3, 0.4) is 0 Å². The Hall–Kier alpha value is -1.11. The molecule has 7 heteroatoms. The van der Waals surface area contributed by atoms with Gasteiger partial charge in [-0.1, -0.05) is 15.9 Å². The number of rotatable bonds is 5. The number of pyridine rings is 1. The lowest BCUT2D eigenvalue weighted by molar-refractivity contribution is -0.142. The second-order valence-electron chi connectivity index (χ2n) is 3.37. The summed E-state index contributed by atoms with van der Waals surface area (Å²) in [6.45, 7) is 1.83. The van der Waals surface area contributed by atoms with Crippen molar-refractivity contribution in [2.24, 2.45) is 0 Å². The molecule has 1 aromatic heterocycles. The highest BCUT2D eigenvalue weighted by molar-refractivity contribution is 9.08. The van der Waals surface area contributed by atoms with Gasteiger partial charge in [-0.3, -0.25) is 9.78 Å². The van der Waals surface area contributed by atoms with Crippen LogP contribution in [-0.4, -0.2) is 17.6 Å². The molecule has 0 radical (unpaired) electrons. The van der Waals surface area contributed by atoms with Crippen molar-refractivity contribution in [3.8, 4) is 0 Å². The Labute approximate surface area is 110 Å². The predicted octanol–water partition coefficient (Wildman–Crippen LogP) is 3.16. The van der Waals surface area contributed by atoms with Crippen LogP contribution in [0.25, 0.3) is 0 Å². The van der Waals surface area contributed by atoms with Gasteiger partial charge in [0.15, 0.2) is 0 Å². The van der Waals surface area contributed by atoms with E-state index in [0.29, 0.717) is 0 Å². The topological polar surface area (TPSA) is 39.2 Å². The van der Waals surface area contributed by atoms with Crippen molar-refractivity contribution in [2.45, 2.75) is 25.1 Å². The van der Waals surface area contributed by atoms with E-state index in [2.05, 4.69) is 20.9 Å². The molecule has 0 atom stereocenters. The molecule has 100 valence electrons. The summed E-state index contributed by atoms with van der Waals surface area (Å²) in [7, 11) is 0. The number of nitrogens with zero attached hydrogens (tertiary/aromatic N) is 1. The van der Waals surface area contributed by atoms with Crippen molar-refractivity contribution in [3.05, 3.63) is 28.8 Å². The number of halogens is 4. The molecule has 0 saturated carbocycles. The van der Waals surface area contributed by atoms with Gasteiger partial charge in [-0.15, -0.1) is 0 Å². The maximum atomic E-state index is 13.7. The molecule has 1 rings (SSSR count). The zero-order valence-corrected chi connectivity index (χ0v) is 11.1. The highest BCUT2D eigenvalue weighted by Gasteiger charge is 2.21. The van der Waals surface area contributed by atoms with Gasteiger partial charge in [-0.25, -0.2) is 13.2 Å². The number of aromatic nitrogens is 1. The Bertz CT molecular complexity index is 441. The van der Waals surface area contributed by atoms with Gasteiger partial charge in [0.1, 0.15) is 5.82 Å². The van der Waals surface area contributed by atoms with Crippen molar-refractivity contribution >= 4 is 21.9 Å². The molecule has 1 aromatic rings. The molecule has 0 bridgehead atoms. The molecular weight excluding hydrogens is 315 g/mol. The Morgan fingerprint density at radius 1 is 1.56 bits per heavy atom. The van der Waals surface area contributed by atoms with Crippen molar-refractivity contribution in [1.29, 1.82) is 0 Å². The fraction of sp³-hybridized carbons (Fsp3) is 0.455. The first-order chi connectivity index (χ1) is 8.51. The quantitative estimate of drug-likeness (QED) is 0.616. The number of esters is 1. The average molecular weight is 326 g/mol. The Balaban J connectivity index is 3.07. The molecule has 1 heterocycles. The van der Waals surface area contributed by atoms with Gasteiger partial charge in [-0.05, 0) is 6.92 Å². The summed E-state index contributed by atoms with van der Waals surface area (Å²) in [5.74, 6) is -1.60. The minimum atomic E-state index is -2.94. The van der Waals surface area contributed by atoms with Gasteiger partial charge in [0.25, 0.3) is 6.43 Å². The lowest BCUT2D eigenvalue weighted by Crippen LogP contribution is -2.12. The van der Waals surface area contributed by atoms with Crippen molar-refractivity contribution in [3.63, 3.8) is 0 Å². The third kappa shape index (κ3) is 3.44. The summed E-state index contributed by atoms with van der Waals surface area (Å²) < 4.78 is 43.4. The van der Waals surface area contributed by atoms with E-state index >= 15 is 0 Å². The lowest BCUT2D eigenvalue weighted by Gasteiger charge is -2.10.